The van der Waals surface area contributed by atoms with E-state index < -0.39 is 0 Å². The van der Waals surface area contributed by atoms with Gasteiger partial charge in [-0.1, -0.05) is 44.9 Å². The van der Waals surface area contributed by atoms with Crippen LogP contribution in [0.3, 0.4) is 0 Å². The third-order valence-corrected chi connectivity index (χ3v) is 3.92. The molecular weight excluding hydrogens is 208 g/mol. The smallest absolute Gasteiger partial charge is 0.123 e. The van der Waals surface area contributed by atoms with Crippen molar-refractivity contribution < 1.29 is 4.74 Å². The molecule has 1 saturated carbocycles. The summed E-state index contributed by atoms with van der Waals surface area (Å²) in [5.74, 6) is 2.37. The zero-order valence-electron chi connectivity index (χ0n) is 11.3. The van der Waals surface area contributed by atoms with Gasteiger partial charge in [0.15, 0.2) is 0 Å². The Balaban J connectivity index is 2.06. The highest BCUT2D eigenvalue weighted by atomic mass is 16.5. The molecule has 17 heavy (non-hydrogen) atoms. The first-order chi connectivity index (χ1) is 8.18. The maximum atomic E-state index is 6.19. The lowest BCUT2D eigenvalue weighted by Gasteiger charge is -2.23. The quantitative estimate of drug-likeness (QED) is 0.726. The lowest BCUT2D eigenvalue weighted by atomic mass is 10.0. The summed E-state index contributed by atoms with van der Waals surface area (Å²) < 4.78 is 6.19. The summed E-state index contributed by atoms with van der Waals surface area (Å²) in [4.78, 5) is 0. The van der Waals surface area contributed by atoms with Gasteiger partial charge in [-0.15, -0.1) is 0 Å². The second-order valence-electron chi connectivity index (χ2n) is 5.56. The number of hydrogen-bond acceptors (Lipinski definition) is 1. The van der Waals surface area contributed by atoms with Gasteiger partial charge >= 0.3 is 0 Å². The molecule has 1 heteroatoms. The monoisotopic (exact) mass is 232 g/mol. The van der Waals surface area contributed by atoms with E-state index in [0.29, 0.717) is 12.0 Å². The summed E-state index contributed by atoms with van der Waals surface area (Å²) in [5.41, 5.74) is 1.33. The molecule has 0 aromatic heterocycles. The van der Waals surface area contributed by atoms with Gasteiger partial charge in [-0.05, 0) is 43.2 Å². The van der Waals surface area contributed by atoms with Gasteiger partial charge in [0.1, 0.15) is 5.75 Å². The Labute approximate surface area is 105 Å². The number of hydrogen-bond donors (Lipinski definition) is 0. The van der Waals surface area contributed by atoms with Crippen molar-refractivity contribution in [3.05, 3.63) is 29.8 Å². The average Bonchev–Trinajstić information content (AvgIpc) is 2.83. The molecule has 1 nitrogen and oxygen atoms in total. The van der Waals surface area contributed by atoms with Gasteiger partial charge in [0.2, 0.25) is 0 Å². The van der Waals surface area contributed by atoms with Crippen LogP contribution in [-0.4, -0.2) is 6.10 Å². The fraction of sp³-hybridized carbons (Fsp3) is 0.625. The van der Waals surface area contributed by atoms with Crippen molar-refractivity contribution in [3.8, 4) is 5.75 Å². The van der Waals surface area contributed by atoms with Crippen LogP contribution < -0.4 is 4.74 Å². The number of ether oxygens (including phenoxy) is 1. The molecule has 94 valence electrons. The van der Waals surface area contributed by atoms with Crippen molar-refractivity contribution in [1.29, 1.82) is 0 Å². The fourth-order valence-electron chi connectivity index (χ4n) is 2.79. The van der Waals surface area contributed by atoms with Gasteiger partial charge in [0.25, 0.3) is 0 Å². The standard InChI is InChI=1S/C16H24O/c1-12(2)15-10-6-7-11-16(15)17-13(3)14-8-4-5-9-14/h6-7,10-14H,4-5,8-9H2,1-3H3. The molecule has 1 aliphatic rings. The van der Waals surface area contributed by atoms with Crippen LogP contribution in [0.2, 0.25) is 0 Å². The Morgan fingerprint density at radius 2 is 1.71 bits per heavy atom. The first-order valence-electron chi connectivity index (χ1n) is 6.94. The molecule has 1 atom stereocenters. The molecule has 1 fully saturated rings. The molecule has 1 aromatic rings. The highest BCUT2D eigenvalue weighted by molar-refractivity contribution is 5.35. The van der Waals surface area contributed by atoms with Crippen molar-refractivity contribution in [2.24, 2.45) is 5.92 Å². The number of para-hydroxylation sites is 1. The lowest BCUT2D eigenvalue weighted by molar-refractivity contribution is 0.152. The number of rotatable bonds is 4. The number of benzene rings is 1. The first kappa shape index (κ1) is 12.5. The Morgan fingerprint density at radius 1 is 1.06 bits per heavy atom. The van der Waals surface area contributed by atoms with Gasteiger partial charge in [0.05, 0.1) is 6.10 Å². The van der Waals surface area contributed by atoms with Crippen LogP contribution in [0.15, 0.2) is 24.3 Å². The molecule has 0 heterocycles. The maximum absolute atomic E-state index is 6.19. The van der Waals surface area contributed by atoms with E-state index in [0.717, 1.165) is 11.7 Å². The fourth-order valence-corrected chi connectivity index (χ4v) is 2.79. The molecule has 0 bridgehead atoms. The van der Waals surface area contributed by atoms with Gasteiger partial charge < -0.3 is 4.74 Å². The van der Waals surface area contributed by atoms with Crippen molar-refractivity contribution in [1.82, 2.24) is 0 Å². The van der Waals surface area contributed by atoms with Gasteiger partial charge in [-0.2, -0.15) is 0 Å². The highest BCUT2D eigenvalue weighted by Crippen LogP contribution is 2.32. The molecule has 1 unspecified atom stereocenters. The third kappa shape index (κ3) is 3.02. The van der Waals surface area contributed by atoms with E-state index in [-0.39, 0.29) is 0 Å². The van der Waals surface area contributed by atoms with E-state index in [1.807, 2.05) is 0 Å². The molecule has 1 aliphatic carbocycles. The third-order valence-electron chi connectivity index (χ3n) is 3.92. The van der Waals surface area contributed by atoms with Crippen LogP contribution >= 0.6 is 0 Å². The molecule has 0 amide bonds. The van der Waals surface area contributed by atoms with Crippen LogP contribution in [0.5, 0.6) is 5.75 Å². The maximum Gasteiger partial charge on any atom is 0.123 e. The minimum atomic E-state index is 0.359. The Kier molecular flexibility index (Phi) is 4.09. The molecular formula is C16H24O. The average molecular weight is 232 g/mol. The molecule has 0 radical (unpaired) electrons. The SMILES string of the molecule is CC(C)c1ccccc1OC(C)C1CCCC1. The molecule has 0 N–H and O–H groups in total. The van der Waals surface area contributed by atoms with E-state index in [4.69, 9.17) is 4.74 Å². The van der Waals surface area contributed by atoms with E-state index in [1.165, 1.54) is 31.2 Å². The van der Waals surface area contributed by atoms with E-state index >= 15 is 0 Å². The lowest BCUT2D eigenvalue weighted by Crippen LogP contribution is -2.21. The summed E-state index contributed by atoms with van der Waals surface area (Å²) in [6.45, 7) is 6.68. The Hall–Kier alpha value is -0.980. The van der Waals surface area contributed by atoms with Gasteiger partial charge in [-0.25, -0.2) is 0 Å². The van der Waals surface area contributed by atoms with E-state index in [1.54, 1.807) is 0 Å². The summed E-state index contributed by atoms with van der Waals surface area (Å²) in [5, 5.41) is 0. The summed E-state index contributed by atoms with van der Waals surface area (Å²) in [6.07, 6.45) is 5.79. The topological polar surface area (TPSA) is 9.23 Å². The van der Waals surface area contributed by atoms with Crippen molar-refractivity contribution in [2.75, 3.05) is 0 Å². The normalized spacial score (nSPS) is 18.6. The minimum absolute atomic E-state index is 0.359. The van der Waals surface area contributed by atoms with E-state index in [2.05, 4.69) is 45.0 Å². The summed E-state index contributed by atoms with van der Waals surface area (Å²) in [7, 11) is 0. The molecule has 1 aromatic carbocycles. The largest absolute Gasteiger partial charge is 0.490 e. The van der Waals surface area contributed by atoms with Crippen LogP contribution in [0.1, 0.15) is 57.9 Å². The molecule has 0 spiro atoms. The van der Waals surface area contributed by atoms with Crippen molar-refractivity contribution in [3.63, 3.8) is 0 Å². The van der Waals surface area contributed by atoms with Crippen LogP contribution in [0, 0.1) is 5.92 Å². The Morgan fingerprint density at radius 3 is 2.35 bits per heavy atom. The van der Waals surface area contributed by atoms with Crippen molar-refractivity contribution >= 4 is 0 Å². The van der Waals surface area contributed by atoms with Crippen LogP contribution in [0.4, 0.5) is 0 Å². The van der Waals surface area contributed by atoms with Gasteiger partial charge in [0, 0.05) is 0 Å². The minimum Gasteiger partial charge on any atom is -0.490 e. The summed E-state index contributed by atoms with van der Waals surface area (Å²) in [6, 6.07) is 8.47. The molecule has 0 saturated heterocycles. The zero-order chi connectivity index (χ0) is 12.3. The highest BCUT2D eigenvalue weighted by Gasteiger charge is 2.23. The molecule has 0 aliphatic heterocycles. The van der Waals surface area contributed by atoms with E-state index in [9.17, 15) is 0 Å². The van der Waals surface area contributed by atoms with Crippen molar-refractivity contribution in [2.45, 2.75) is 58.5 Å². The predicted molar refractivity (Wildman–Crippen MR) is 72.6 cm³/mol. The zero-order valence-corrected chi connectivity index (χ0v) is 11.3. The first-order valence-corrected chi connectivity index (χ1v) is 6.94. The van der Waals surface area contributed by atoms with Crippen LogP contribution in [0.25, 0.3) is 0 Å². The van der Waals surface area contributed by atoms with Crippen LogP contribution in [-0.2, 0) is 0 Å². The summed E-state index contributed by atoms with van der Waals surface area (Å²) >= 11 is 0. The Bertz CT molecular complexity index is 350. The predicted octanol–water partition coefficient (Wildman–Crippen LogP) is 4.77. The molecule has 2 rings (SSSR count). The second-order valence-corrected chi connectivity index (χ2v) is 5.56. The van der Waals surface area contributed by atoms with Gasteiger partial charge in [-0.3, -0.25) is 0 Å². The second kappa shape index (κ2) is 5.57.